The van der Waals surface area contributed by atoms with Crippen LogP contribution in [-0.2, 0) is 6.54 Å². The Morgan fingerprint density at radius 3 is 2.65 bits per heavy atom. The van der Waals surface area contributed by atoms with Crippen molar-refractivity contribution in [1.29, 1.82) is 0 Å². The van der Waals surface area contributed by atoms with Crippen molar-refractivity contribution < 1.29 is 4.79 Å². The summed E-state index contributed by atoms with van der Waals surface area (Å²) in [6, 6.07) is 0. The number of hydrogen-bond donors (Lipinski definition) is 1. The maximum absolute atomic E-state index is 11.4. The highest BCUT2D eigenvalue weighted by Crippen LogP contribution is 2.34. The van der Waals surface area contributed by atoms with Crippen LogP contribution >= 0.6 is 11.6 Å². The number of carbonyl (C=O) groups excluding carboxylic acids is 1. The van der Waals surface area contributed by atoms with Gasteiger partial charge in [0, 0.05) is 17.9 Å². The maximum Gasteiger partial charge on any atom is 0.252 e. The zero-order valence-electron chi connectivity index (χ0n) is 10.6. The quantitative estimate of drug-likeness (QED) is 0.806. The molecule has 0 bridgehead atoms. The Bertz CT molecular complexity index is 449. The Kier molecular flexibility index (Phi) is 4.40. The third-order valence-corrected chi connectivity index (χ3v) is 3.52. The number of halogens is 1. The zero-order chi connectivity index (χ0) is 13.2. The van der Waals surface area contributed by atoms with Gasteiger partial charge in [-0.3, -0.25) is 4.79 Å². The van der Waals surface area contributed by atoms with E-state index in [0.29, 0.717) is 17.1 Å². The summed E-state index contributed by atoms with van der Waals surface area (Å²) in [5, 5.41) is 0.492. The molecule has 3 nitrogen and oxygen atoms in total. The molecular formula is C13H19ClN2O. The molecular weight excluding hydrogens is 236 g/mol. The Morgan fingerprint density at radius 2 is 2.24 bits per heavy atom. The number of aromatic nitrogens is 1. The van der Waals surface area contributed by atoms with Gasteiger partial charge in [0.2, 0.25) is 0 Å². The highest BCUT2D eigenvalue weighted by Gasteiger charge is 2.24. The van der Waals surface area contributed by atoms with Gasteiger partial charge in [0.05, 0.1) is 10.6 Å². The molecule has 1 amide bonds. The van der Waals surface area contributed by atoms with Gasteiger partial charge in [-0.1, -0.05) is 31.5 Å². The van der Waals surface area contributed by atoms with Crippen LogP contribution in [0.25, 0.3) is 0 Å². The van der Waals surface area contributed by atoms with Gasteiger partial charge in [-0.2, -0.15) is 0 Å². The minimum Gasteiger partial charge on any atom is -0.365 e. The molecule has 1 atom stereocenters. The van der Waals surface area contributed by atoms with Crippen LogP contribution in [0.3, 0.4) is 0 Å². The summed E-state index contributed by atoms with van der Waals surface area (Å²) in [6.45, 7) is 10.4. The van der Waals surface area contributed by atoms with Crippen LogP contribution in [0.1, 0.15) is 47.9 Å². The Labute approximate surface area is 107 Å². The summed E-state index contributed by atoms with van der Waals surface area (Å²) < 4.78 is 2.02. The lowest BCUT2D eigenvalue weighted by Gasteiger charge is -2.14. The normalized spacial score (nSPS) is 12.5. The maximum atomic E-state index is 11.4. The van der Waals surface area contributed by atoms with Gasteiger partial charge in [0.15, 0.2) is 0 Å². The number of carbonyl (C=O) groups is 1. The number of primary amides is 1. The minimum atomic E-state index is -0.472. The van der Waals surface area contributed by atoms with Crippen molar-refractivity contribution in [1.82, 2.24) is 4.57 Å². The molecule has 0 radical (unpaired) electrons. The first-order valence-corrected chi connectivity index (χ1v) is 6.12. The van der Waals surface area contributed by atoms with E-state index in [0.717, 1.165) is 17.8 Å². The molecule has 1 aromatic heterocycles. The van der Waals surface area contributed by atoms with Gasteiger partial charge in [0.1, 0.15) is 0 Å². The van der Waals surface area contributed by atoms with Gasteiger partial charge in [-0.25, -0.2) is 0 Å². The van der Waals surface area contributed by atoms with Crippen LogP contribution in [0.15, 0.2) is 12.7 Å². The smallest absolute Gasteiger partial charge is 0.252 e. The summed E-state index contributed by atoms with van der Waals surface area (Å²) in [7, 11) is 0. The number of rotatable bonds is 5. The minimum absolute atomic E-state index is 0.286. The standard InChI is InChI=1S/C13H19ClN2O/c1-5-7-16-9(4)10(13(15)17)11(14)12(16)8(3)6-2/h5,8H,1,6-7H2,2-4H3,(H2,15,17). The highest BCUT2D eigenvalue weighted by atomic mass is 35.5. The summed E-state index contributed by atoms with van der Waals surface area (Å²) in [6.07, 6.45) is 2.75. The van der Waals surface area contributed by atoms with E-state index in [1.54, 1.807) is 6.08 Å². The highest BCUT2D eigenvalue weighted by molar-refractivity contribution is 6.34. The van der Waals surface area contributed by atoms with E-state index in [1.807, 2.05) is 11.5 Å². The molecule has 4 heteroatoms. The summed E-state index contributed by atoms with van der Waals surface area (Å²) in [4.78, 5) is 11.4. The van der Waals surface area contributed by atoms with Crippen LogP contribution in [0.4, 0.5) is 0 Å². The Morgan fingerprint density at radius 1 is 1.65 bits per heavy atom. The molecule has 94 valence electrons. The SMILES string of the molecule is C=CCn1c(C)c(C(N)=O)c(Cl)c1C(C)CC. The number of nitrogens with two attached hydrogens (primary N) is 1. The molecule has 0 aliphatic rings. The molecule has 0 spiro atoms. The Hall–Kier alpha value is -1.22. The number of amides is 1. The molecule has 1 heterocycles. The van der Waals surface area contributed by atoms with Crippen molar-refractivity contribution in [3.05, 3.63) is 34.6 Å². The van der Waals surface area contributed by atoms with Gasteiger partial charge < -0.3 is 10.3 Å². The lowest BCUT2D eigenvalue weighted by molar-refractivity contribution is 0.1000. The molecule has 1 aromatic rings. The first kappa shape index (κ1) is 13.8. The third kappa shape index (κ3) is 2.39. The summed E-state index contributed by atoms with van der Waals surface area (Å²) in [5.74, 6) is -0.186. The number of hydrogen-bond acceptors (Lipinski definition) is 1. The summed E-state index contributed by atoms with van der Waals surface area (Å²) >= 11 is 6.28. The second-order valence-electron chi connectivity index (χ2n) is 4.23. The molecule has 0 saturated heterocycles. The van der Waals surface area contributed by atoms with Crippen LogP contribution < -0.4 is 5.73 Å². The lowest BCUT2D eigenvalue weighted by atomic mass is 10.0. The Balaban J connectivity index is 3.50. The monoisotopic (exact) mass is 254 g/mol. The fraction of sp³-hybridized carbons (Fsp3) is 0.462. The van der Waals surface area contributed by atoms with Gasteiger partial charge in [-0.05, 0) is 19.3 Å². The molecule has 17 heavy (non-hydrogen) atoms. The predicted octanol–water partition coefficient (Wildman–Crippen LogP) is 3.25. The van der Waals surface area contributed by atoms with Crippen LogP contribution in [-0.4, -0.2) is 10.5 Å². The fourth-order valence-corrected chi connectivity index (χ4v) is 2.57. The third-order valence-electron chi connectivity index (χ3n) is 3.14. The average molecular weight is 255 g/mol. The van der Waals surface area contributed by atoms with Crippen molar-refractivity contribution in [3.8, 4) is 0 Å². The molecule has 1 rings (SSSR count). The van der Waals surface area contributed by atoms with E-state index in [-0.39, 0.29) is 5.92 Å². The molecule has 0 aliphatic carbocycles. The van der Waals surface area contributed by atoms with Gasteiger partial charge >= 0.3 is 0 Å². The lowest BCUT2D eigenvalue weighted by Crippen LogP contribution is -2.12. The second-order valence-corrected chi connectivity index (χ2v) is 4.61. The molecule has 0 aromatic carbocycles. The van der Waals surface area contributed by atoms with Crippen molar-refractivity contribution in [3.63, 3.8) is 0 Å². The van der Waals surface area contributed by atoms with E-state index in [2.05, 4.69) is 20.4 Å². The topological polar surface area (TPSA) is 48.0 Å². The first-order valence-electron chi connectivity index (χ1n) is 5.74. The molecule has 1 unspecified atom stereocenters. The largest absolute Gasteiger partial charge is 0.365 e. The van der Waals surface area contributed by atoms with Crippen molar-refractivity contribution >= 4 is 17.5 Å². The molecule has 0 saturated carbocycles. The number of nitrogens with zero attached hydrogens (tertiary/aromatic N) is 1. The van der Waals surface area contributed by atoms with Crippen molar-refractivity contribution in [2.45, 2.75) is 39.7 Å². The molecule has 0 aliphatic heterocycles. The van der Waals surface area contributed by atoms with E-state index in [1.165, 1.54) is 0 Å². The van der Waals surface area contributed by atoms with Crippen molar-refractivity contribution in [2.24, 2.45) is 5.73 Å². The first-order chi connectivity index (χ1) is 7.95. The molecule has 2 N–H and O–H groups in total. The van der Waals surface area contributed by atoms with E-state index in [4.69, 9.17) is 17.3 Å². The molecule has 0 fully saturated rings. The fourth-order valence-electron chi connectivity index (χ4n) is 2.05. The zero-order valence-corrected chi connectivity index (χ0v) is 11.3. The summed E-state index contributed by atoms with van der Waals surface area (Å²) in [5.41, 5.74) is 7.60. The average Bonchev–Trinajstić information content (AvgIpc) is 2.50. The van der Waals surface area contributed by atoms with Gasteiger partial charge in [-0.15, -0.1) is 6.58 Å². The number of allylic oxidation sites excluding steroid dienone is 1. The van der Waals surface area contributed by atoms with E-state index in [9.17, 15) is 4.79 Å². The van der Waals surface area contributed by atoms with Crippen LogP contribution in [0, 0.1) is 6.92 Å². The van der Waals surface area contributed by atoms with Crippen LogP contribution in [0.2, 0.25) is 5.02 Å². The van der Waals surface area contributed by atoms with E-state index >= 15 is 0 Å². The van der Waals surface area contributed by atoms with Crippen LogP contribution in [0.5, 0.6) is 0 Å². The van der Waals surface area contributed by atoms with Gasteiger partial charge in [0.25, 0.3) is 5.91 Å². The van der Waals surface area contributed by atoms with Crippen molar-refractivity contribution in [2.75, 3.05) is 0 Å². The predicted molar refractivity (Wildman–Crippen MR) is 71.6 cm³/mol. The van der Waals surface area contributed by atoms with E-state index < -0.39 is 5.91 Å². The second kappa shape index (κ2) is 5.41.